The highest BCUT2D eigenvalue weighted by Crippen LogP contribution is 2.11. The minimum Gasteiger partial charge on any atom is -0.381 e. The van der Waals surface area contributed by atoms with E-state index in [4.69, 9.17) is 5.73 Å². The fourth-order valence-corrected chi connectivity index (χ4v) is 1.40. The van der Waals surface area contributed by atoms with Crippen molar-refractivity contribution < 1.29 is 8.78 Å². The number of pyridine rings is 1. The number of nitrogens with two attached hydrogens (primary N) is 1. The second-order valence-electron chi connectivity index (χ2n) is 4.49. The molecule has 2 rings (SSSR count). The van der Waals surface area contributed by atoms with Gasteiger partial charge in [-0.2, -0.15) is 0 Å². The van der Waals surface area contributed by atoms with Crippen LogP contribution < -0.4 is 5.73 Å². The Hall–Kier alpha value is -1.97. The first kappa shape index (κ1) is 15.1. The highest BCUT2D eigenvalue weighted by Gasteiger charge is 2.01. The van der Waals surface area contributed by atoms with Gasteiger partial charge in [0.15, 0.2) is 11.6 Å². The Labute approximate surface area is 112 Å². The third-order valence-electron chi connectivity index (χ3n) is 2.92. The van der Waals surface area contributed by atoms with E-state index in [9.17, 15) is 8.78 Å². The van der Waals surface area contributed by atoms with Crippen LogP contribution in [0, 0.1) is 39.3 Å². The average Bonchev–Trinajstić information content (AvgIpc) is 2.33. The number of rotatable bonds is 0. The van der Waals surface area contributed by atoms with Crippen LogP contribution in [0.15, 0.2) is 24.3 Å². The van der Waals surface area contributed by atoms with E-state index in [1.807, 2.05) is 13.8 Å². The minimum atomic E-state index is -0.442. The van der Waals surface area contributed by atoms with Gasteiger partial charge in [0.2, 0.25) is 0 Å². The van der Waals surface area contributed by atoms with Crippen molar-refractivity contribution in [3.8, 4) is 0 Å². The molecule has 102 valence electrons. The van der Waals surface area contributed by atoms with Crippen molar-refractivity contribution in [2.45, 2.75) is 27.7 Å². The SMILES string of the molecule is Cc1cc(F)c(N)nc1C.Cc1ccc(F)cc1C. The fourth-order valence-electron chi connectivity index (χ4n) is 1.40. The van der Waals surface area contributed by atoms with Crippen molar-refractivity contribution in [1.82, 2.24) is 4.98 Å². The summed E-state index contributed by atoms with van der Waals surface area (Å²) in [5.41, 5.74) is 8.95. The first-order chi connectivity index (χ1) is 8.81. The molecule has 4 heteroatoms. The lowest BCUT2D eigenvalue weighted by Crippen LogP contribution is -1.98. The smallest absolute Gasteiger partial charge is 0.165 e. The Morgan fingerprint density at radius 1 is 0.895 bits per heavy atom. The summed E-state index contributed by atoms with van der Waals surface area (Å²) in [6.07, 6.45) is 0. The van der Waals surface area contributed by atoms with Crippen molar-refractivity contribution in [3.05, 3.63) is 58.3 Å². The molecule has 0 saturated carbocycles. The van der Waals surface area contributed by atoms with Crippen LogP contribution in [0.5, 0.6) is 0 Å². The van der Waals surface area contributed by atoms with Crippen LogP contribution in [0.2, 0.25) is 0 Å². The van der Waals surface area contributed by atoms with Gasteiger partial charge in [-0.15, -0.1) is 0 Å². The number of nitrogens with zero attached hydrogens (tertiary/aromatic N) is 1. The van der Waals surface area contributed by atoms with Gasteiger partial charge in [-0.3, -0.25) is 0 Å². The van der Waals surface area contributed by atoms with Crippen LogP contribution >= 0.6 is 0 Å². The van der Waals surface area contributed by atoms with Crippen LogP contribution in [0.4, 0.5) is 14.6 Å². The molecule has 0 spiro atoms. The Kier molecular flexibility index (Phi) is 4.98. The van der Waals surface area contributed by atoms with Crippen molar-refractivity contribution >= 4 is 5.82 Å². The van der Waals surface area contributed by atoms with Gasteiger partial charge in [0.1, 0.15) is 5.82 Å². The normalized spacial score (nSPS) is 9.79. The topological polar surface area (TPSA) is 38.9 Å². The summed E-state index contributed by atoms with van der Waals surface area (Å²) in [5, 5.41) is 0. The third-order valence-corrected chi connectivity index (χ3v) is 2.92. The Morgan fingerprint density at radius 3 is 2.00 bits per heavy atom. The van der Waals surface area contributed by atoms with Gasteiger partial charge in [-0.1, -0.05) is 6.07 Å². The molecule has 2 aromatic rings. The maximum Gasteiger partial charge on any atom is 0.165 e. The largest absolute Gasteiger partial charge is 0.381 e. The molecular weight excluding hydrogens is 246 g/mol. The van der Waals surface area contributed by atoms with Gasteiger partial charge >= 0.3 is 0 Å². The number of aromatic nitrogens is 1. The number of benzene rings is 1. The Bertz CT molecular complexity index is 530. The van der Waals surface area contributed by atoms with Gasteiger partial charge < -0.3 is 5.73 Å². The molecule has 1 heterocycles. The molecule has 0 aliphatic heterocycles. The molecule has 2 nitrogen and oxygen atoms in total. The van der Waals surface area contributed by atoms with Crippen LogP contribution in [0.25, 0.3) is 0 Å². The average molecular weight is 264 g/mol. The zero-order valence-electron chi connectivity index (χ0n) is 11.6. The van der Waals surface area contributed by atoms with E-state index < -0.39 is 5.82 Å². The summed E-state index contributed by atoms with van der Waals surface area (Å²) in [5.74, 6) is -0.621. The van der Waals surface area contributed by atoms with Crippen molar-refractivity contribution in [1.29, 1.82) is 0 Å². The summed E-state index contributed by atoms with van der Waals surface area (Å²) < 4.78 is 24.9. The van der Waals surface area contributed by atoms with Crippen molar-refractivity contribution in [2.75, 3.05) is 5.73 Å². The molecule has 0 fully saturated rings. The van der Waals surface area contributed by atoms with Gasteiger partial charge in [-0.05, 0) is 62.6 Å². The summed E-state index contributed by atoms with van der Waals surface area (Å²) >= 11 is 0. The van der Waals surface area contributed by atoms with E-state index in [1.165, 1.54) is 18.2 Å². The summed E-state index contributed by atoms with van der Waals surface area (Å²) in [7, 11) is 0. The Morgan fingerprint density at radius 2 is 1.53 bits per heavy atom. The van der Waals surface area contributed by atoms with Crippen LogP contribution in [0.1, 0.15) is 22.4 Å². The van der Waals surface area contributed by atoms with E-state index >= 15 is 0 Å². The molecule has 0 atom stereocenters. The number of nitrogen functional groups attached to an aromatic ring is 1. The van der Waals surface area contributed by atoms with Crippen LogP contribution in [-0.4, -0.2) is 4.98 Å². The van der Waals surface area contributed by atoms with Gasteiger partial charge in [0, 0.05) is 5.69 Å². The fraction of sp³-hybridized carbons (Fsp3) is 0.267. The molecule has 0 unspecified atom stereocenters. The zero-order valence-corrected chi connectivity index (χ0v) is 11.6. The molecule has 0 aliphatic rings. The first-order valence-electron chi connectivity index (χ1n) is 5.93. The maximum absolute atomic E-state index is 12.6. The molecule has 0 aliphatic carbocycles. The third kappa shape index (κ3) is 4.32. The lowest BCUT2D eigenvalue weighted by molar-refractivity contribution is 0.624. The predicted octanol–water partition coefficient (Wildman–Crippen LogP) is 3.86. The monoisotopic (exact) mass is 264 g/mol. The van der Waals surface area contributed by atoms with E-state index in [1.54, 1.807) is 19.9 Å². The number of anilines is 1. The second kappa shape index (κ2) is 6.27. The first-order valence-corrected chi connectivity index (χ1v) is 5.93. The standard InChI is InChI=1S/C8H9F.C7H9FN2/c1-6-3-4-8(9)5-7(6)2;1-4-3-6(8)7(9)10-5(4)2/h3-5H,1-2H3;3H,1-2H3,(H2,9,10). The lowest BCUT2D eigenvalue weighted by Gasteiger charge is -2.00. The minimum absolute atomic E-state index is 0.0249. The summed E-state index contributed by atoms with van der Waals surface area (Å²) in [6.45, 7) is 7.46. The van der Waals surface area contributed by atoms with Crippen LogP contribution in [-0.2, 0) is 0 Å². The molecule has 0 amide bonds. The Balaban J connectivity index is 0.000000191. The number of hydrogen-bond acceptors (Lipinski definition) is 2. The van der Waals surface area contributed by atoms with E-state index in [2.05, 4.69) is 4.98 Å². The van der Waals surface area contributed by atoms with Crippen molar-refractivity contribution in [3.63, 3.8) is 0 Å². The molecule has 0 radical (unpaired) electrons. The highest BCUT2D eigenvalue weighted by atomic mass is 19.1. The lowest BCUT2D eigenvalue weighted by atomic mass is 10.1. The zero-order chi connectivity index (χ0) is 14.6. The van der Waals surface area contributed by atoms with Crippen LogP contribution in [0.3, 0.4) is 0 Å². The van der Waals surface area contributed by atoms with E-state index in [-0.39, 0.29) is 11.6 Å². The predicted molar refractivity (Wildman–Crippen MR) is 74.0 cm³/mol. The van der Waals surface area contributed by atoms with E-state index in [0.717, 1.165) is 22.4 Å². The van der Waals surface area contributed by atoms with E-state index in [0.29, 0.717) is 0 Å². The van der Waals surface area contributed by atoms with Gasteiger partial charge in [0.25, 0.3) is 0 Å². The second-order valence-corrected chi connectivity index (χ2v) is 4.49. The quantitative estimate of drug-likeness (QED) is 0.784. The van der Waals surface area contributed by atoms with Crippen molar-refractivity contribution in [2.24, 2.45) is 0 Å². The van der Waals surface area contributed by atoms with Gasteiger partial charge in [-0.25, -0.2) is 13.8 Å². The summed E-state index contributed by atoms with van der Waals surface area (Å²) in [6, 6.07) is 6.18. The molecule has 0 bridgehead atoms. The molecule has 2 N–H and O–H groups in total. The molecule has 0 saturated heterocycles. The van der Waals surface area contributed by atoms with Gasteiger partial charge in [0.05, 0.1) is 0 Å². The number of hydrogen-bond donors (Lipinski definition) is 1. The maximum atomic E-state index is 12.6. The molecule has 19 heavy (non-hydrogen) atoms. The molecule has 1 aromatic heterocycles. The molecular formula is C15H18F2N2. The number of halogens is 2. The highest BCUT2D eigenvalue weighted by molar-refractivity contribution is 5.34. The molecule has 1 aromatic carbocycles. The summed E-state index contributed by atoms with van der Waals surface area (Å²) in [4.78, 5) is 3.78. The number of aryl methyl sites for hydroxylation is 4.